The van der Waals surface area contributed by atoms with Crippen LogP contribution in [0.3, 0.4) is 0 Å². The first-order valence-electron chi connectivity index (χ1n) is 6.14. The highest BCUT2D eigenvalue weighted by Crippen LogP contribution is 2.34. The lowest BCUT2D eigenvalue weighted by atomic mass is 9.90. The van der Waals surface area contributed by atoms with Crippen LogP contribution >= 0.6 is 15.9 Å². The van der Waals surface area contributed by atoms with Gasteiger partial charge in [-0.15, -0.1) is 0 Å². The largest absolute Gasteiger partial charge is 0.271 e. The maximum Gasteiger partial charge on any atom is 0.0681 e. The lowest BCUT2D eigenvalue weighted by Gasteiger charge is -2.24. The molecule has 0 amide bonds. The number of hydrogen-bond donors (Lipinski definition) is 2. The molecular weight excluding hydrogens is 276 g/mol. The van der Waals surface area contributed by atoms with Crippen molar-refractivity contribution in [2.45, 2.75) is 38.6 Å². The Hall–Kier alpha value is -0.640. The molecule has 1 aromatic carbocycles. The highest BCUT2D eigenvalue weighted by molar-refractivity contribution is 9.10. The SMILES string of the molecule is Cc1cccc(C(NN)C2=CCCCC2)c1Br. The van der Waals surface area contributed by atoms with Gasteiger partial charge in [-0.2, -0.15) is 0 Å². The zero-order chi connectivity index (χ0) is 12.3. The fraction of sp³-hybridized carbons (Fsp3) is 0.429. The van der Waals surface area contributed by atoms with Gasteiger partial charge in [-0.25, -0.2) is 5.43 Å². The number of nitrogens with two attached hydrogens (primary N) is 1. The van der Waals surface area contributed by atoms with Crippen molar-refractivity contribution in [1.29, 1.82) is 0 Å². The Morgan fingerprint density at radius 3 is 2.82 bits per heavy atom. The Balaban J connectivity index is 2.34. The Kier molecular flexibility index (Phi) is 4.37. The maximum atomic E-state index is 5.74. The zero-order valence-electron chi connectivity index (χ0n) is 10.2. The Bertz CT molecular complexity index is 426. The normalized spacial score (nSPS) is 17.7. The summed E-state index contributed by atoms with van der Waals surface area (Å²) in [5.74, 6) is 5.74. The molecule has 2 rings (SSSR count). The summed E-state index contributed by atoms with van der Waals surface area (Å²) in [5.41, 5.74) is 6.87. The van der Waals surface area contributed by atoms with Crippen LogP contribution in [0.4, 0.5) is 0 Å². The molecule has 0 saturated carbocycles. The fourth-order valence-corrected chi connectivity index (χ4v) is 2.91. The van der Waals surface area contributed by atoms with E-state index >= 15 is 0 Å². The molecule has 1 atom stereocenters. The van der Waals surface area contributed by atoms with Gasteiger partial charge in [0.1, 0.15) is 0 Å². The Morgan fingerprint density at radius 1 is 1.35 bits per heavy atom. The van der Waals surface area contributed by atoms with E-state index in [-0.39, 0.29) is 6.04 Å². The molecule has 17 heavy (non-hydrogen) atoms. The minimum absolute atomic E-state index is 0.143. The van der Waals surface area contributed by atoms with Crippen molar-refractivity contribution in [1.82, 2.24) is 5.43 Å². The number of nitrogens with one attached hydrogen (secondary N) is 1. The van der Waals surface area contributed by atoms with Gasteiger partial charge in [-0.3, -0.25) is 5.84 Å². The predicted molar refractivity (Wildman–Crippen MR) is 75.5 cm³/mol. The molecular formula is C14H19BrN2. The van der Waals surface area contributed by atoms with Crippen LogP contribution in [0.15, 0.2) is 34.3 Å². The molecule has 0 saturated heterocycles. The van der Waals surface area contributed by atoms with E-state index < -0.39 is 0 Å². The van der Waals surface area contributed by atoms with E-state index in [0.29, 0.717) is 0 Å². The van der Waals surface area contributed by atoms with E-state index in [0.717, 1.165) is 10.9 Å². The molecule has 1 aromatic rings. The number of hydrogen-bond acceptors (Lipinski definition) is 2. The molecule has 0 bridgehead atoms. The fourth-order valence-electron chi connectivity index (χ4n) is 2.41. The second-order valence-electron chi connectivity index (χ2n) is 4.60. The van der Waals surface area contributed by atoms with Crippen LogP contribution in [-0.4, -0.2) is 0 Å². The predicted octanol–water partition coefficient (Wildman–Crippen LogP) is 3.76. The van der Waals surface area contributed by atoms with E-state index in [1.54, 1.807) is 0 Å². The summed E-state index contributed by atoms with van der Waals surface area (Å²) in [5, 5.41) is 0. The molecule has 3 heteroatoms. The van der Waals surface area contributed by atoms with Crippen LogP contribution in [0.25, 0.3) is 0 Å². The molecule has 1 aliphatic carbocycles. The molecule has 0 fully saturated rings. The van der Waals surface area contributed by atoms with Crippen molar-refractivity contribution in [3.05, 3.63) is 45.4 Å². The summed E-state index contributed by atoms with van der Waals surface area (Å²) in [4.78, 5) is 0. The van der Waals surface area contributed by atoms with E-state index in [1.807, 2.05) is 0 Å². The molecule has 0 heterocycles. The lowest BCUT2D eigenvalue weighted by Crippen LogP contribution is -2.30. The third-order valence-electron chi connectivity index (χ3n) is 3.40. The lowest BCUT2D eigenvalue weighted by molar-refractivity contribution is 0.564. The van der Waals surface area contributed by atoms with Gasteiger partial charge in [0.05, 0.1) is 6.04 Å². The molecule has 92 valence electrons. The van der Waals surface area contributed by atoms with Crippen molar-refractivity contribution in [3.8, 4) is 0 Å². The van der Waals surface area contributed by atoms with Crippen LogP contribution in [0.1, 0.15) is 42.9 Å². The van der Waals surface area contributed by atoms with Gasteiger partial charge in [-0.1, -0.05) is 45.8 Å². The van der Waals surface area contributed by atoms with Crippen LogP contribution < -0.4 is 11.3 Å². The van der Waals surface area contributed by atoms with Crippen LogP contribution in [0, 0.1) is 6.92 Å². The summed E-state index contributed by atoms with van der Waals surface area (Å²) < 4.78 is 1.16. The first-order valence-corrected chi connectivity index (χ1v) is 6.93. The minimum atomic E-state index is 0.143. The van der Waals surface area contributed by atoms with Crippen LogP contribution in [-0.2, 0) is 0 Å². The average Bonchev–Trinajstić information content (AvgIpc) is 2.37. The minimum Gasteiger partial charge on any atom is -0.271 e. The monoisotopic (exact) mass is 294 g/mol. The summed E-state index contributed by atoms with van der Waals surface area (Å²) in [6.07, 6.45) is 7.23. The molecule has 1 aliphatic rings. The van der Waals surface area contributed by atoms with E-state index in [9.17, 15) is 0 Å². The van der Waals surface area contributed by atoms with Gasteiger partial charge < -0.3 is 0 Å². The van der Waals surface area contributed by atoms with Crippen molar-refractivity contribution in [3.63, 3.8) is 0 Å². The van der Waals surface area contributed by atoms with Crippen molar-refractivity contribution < 1.29 is 0 Å². The molecule has 0 aliphatic heterocycles. The smallest absolute Gasteiger partial charge is 0.0681 e. The highest BCUT2D eigenvalue weighted by Gasteiger charge is 2.19. The second-order valence-corrected chi connectivity index (χ2v) is 5.40. The number of halogens is 1. The van der Waals surface area contributed by atoms with Crippen molar-refractivity contribution >= 4 is 15.9 Å². The van der Waals surface area contributed by atoms with Gasteiger partial charge in [0.2, 0.25) is 0 Å². The van der Waals surface area contributed by atoms with Gasteiger partial charge in [0.25, 0.3) is 0 Å². The first kappa shape index (κ1) is 12.8. The molecule has 0 radical (unpaired) electrons. The van der Waals surface area contributed by atoms with Crippen molar-refractivity contribution in [2.24, 2.45) is 5.84 Å². The van der Waals surface area contributed by atoms with Crippen LogP contribution in [0.2, 0.25) is 0 Å². The topological polar surface area (TPSA) is 38.0 Å². The Morgan fingerprint density at radius 2 is 2.18 bits per heavy atom. The summed E-state index contributed by atoms with van der Waals surface area (Å²) in [7, 11) is 0. The number of hydrazine groups is 1. The maximum absolute atomic E-state index is 5.74. The summed E-state index contributed by atoms with van der Waals surface area (Å²) in [6, 6.07) is 6.47. The summed E-state index contributed by atoms with van der Waals surface area (Å²) >= 11 is 3.67. The molecule has 0 spiro atoms. The van der Waals surface area contributed by atoms with E-state index in [4.69, 9.17) is 5.84 Å². The third-order valence-corrected chi connectivity index (χ3v) is 4.48. The number of benzene rings is 1. The van der Waals surface area contributed by atoms with Gasteiger partial charge in [-0.05, 0) is 43.7 Å². The third kappa shape index (κ3) is 2.79. The van der Waals surface area contributed by atoms with Gasteiger partial charge in [0, 0.05) is 4.47 Å². The standard InChI is InChI=1S/C14H19BrN2/c1-10-6-5-9-12(13(10)15)14(17-16)11-7-3-2-4-8-11/h5-7,9,14,17H,2-4,8,16H2,1H3. The zero-order valence-corrected chi connectivity index (χ0v) is 11.8. The van der Waals surface area contributed by atoms with Gasteiger partial charge in [0.15, 0.2) is 0 Å². The number of rotatable bonds is 3. The molecule has 2 nitrogen and oxygen atoms in total. The molecule has 1 unspecified atom stereocenters. The quantitative estimate of drug-likeness (QED) is 0.506. The second kappa shape index (κ2) is 5.80. The average molecular weight is 295 g/mol. The first-order chi connectivity index (χ1) is 8.24. The number of allylic oxidation sites excluding steroid dienone is 1. The van der Waals surface area contributed by atoms with Crippen molar-refractivity contribution in [2.75, 3.05) is 0 Å². The van der Waals surface area contributed by atoms with Crippen LogP contribution in [0.5, 0.6) is 0 Å². The highest BCUT2D eigenvalue weighted by atomic mass is 79.9. The van der Waals surface area contributed by atoms with E-state index in [2.05, 4.69) is 52.6 Å². The Labute approximate surface area is 111 Å². The molecule has 0 aromatic heterocycles. The molecule has 3 N–H and O–H groups in total. The number of aryl methyl sites for hydroxylation is 1. The van der Waals surface area contributed by atoms with E-state index in [1.165, 1.54) is 36.0 Å². The van der Waals surface area contributed by atoms with Gasteiger partial charge >= 0.3 is 0 Å². The summed E-state index contributed by atoms with van der Waals surface area (Å²) in [6.45, 7) is 2.11.